The van der Waals surface area contributed by atoms with Gasteiger partial charge in [-0.25, -0.2) is 0 Å². The lowest BCUT2D eigenvalue weighted by Crippen LogP contribution is -2.24. The van der Waals surface area contributed by atoms with Crippen LogP contribution in [0.5, 0.6) is 0 Å². The van der Waals surface area contributed by atoms with Crippen LogP contribution in [0.25, 0.3) is 0 Å². The zero-order chi connectivity index (χ0) is 13.8. The number of nitrogens with one attached hydrogen (secondary N) is 1. The van der Waals surface area contributed by atoms with Crippen LogP contribution < -0.4 is 5.32 Å². The van der Waals surface area contributed by atoms with E-state index in [2.05, 4.69) is 5.32 Å². The Morgan fingerprint density at radius 3 is 2.74 bits per heavy atom. The van der Waals surface area contributed by atoms with Gasteiger partial charge in [0, 0.05) is 0 Å². The molecule has 19 heavy (non-hydrogen) atoms. The molecular formula is C14H15NO3S. The van der Waals surface area contributed by atoms with Crippen LogP contribution in [-0.2, 0) is 17.8 Å². The molecule has 2 aromatic heterocycles. The van der Waals surface area contributed by atoms with E-state index in [0.29, 0.717) is 11.4 Å². The molecule has 0 unspecified atom stereocenters. The second-order valence-electron chi connectivity index (χ2n) is 4.34. The molecule has 0 aliphatic rings. The molecule has 0 aromatic carbocycles. The van der Waals surface area contributed by atoms with Gasteiger partial charge >= 0.3 is 0 Å². The van der Waals surface area contributed by atoms with Crippen molar-refractivity contribution >= 4 is 23.0 Å². The summed E-state index contributed by atoms with van der Waals surface area (Å²) < 4.78 is 5.36. The van der Waals surface area contributed by atoms with Crippen molar-refractivity contribution in [2.24, 2.45) is 0 Å². The Morgan fingerprint density at radius 2 is 2.16 bits per heavy atom. The summed E-state index contributed by atoms with van der Waals surface area (Å²) in [6, 6.07) is 5.47. The average Bonchev–Trinajstić information content (AvgIpc) is 2.96. The molecule has 0 radical (unpaired) electrons. The number of amides is 1. The Morgan fingerprint density at radius 1 is 1.37 bits per heavy atom. The van der Waals surface area contributed by atoms with Crippen molar-refractivity contribution in [2.75, 3.05) is 0 Å². The molecule has 0 saturated carbocycles. The number of ketones is 1. The van der Waals surface area contributed by atoms with E-state index < -0.39 is 0 Å². The average molecular weight is 277 g/mol. The number of aryl methyl sites for hydroxylation is 1. The first-order valence-electron chi connectivity index (χ1n) is 5.95. The van der Waals surface area contributed by atoms with Crippen molar-refractivity contribution in [1.82, 2.24) is 5.32 Å². The van der Waals surface area contributed by atoms with Crippen LogP contribution in [0.4, 0.5) is 0 Å². The molecule has 0 bridgehead atoms. The largest absolute Gasteiger partial charge is 0.465 e. The van der Waals surface area contributed by atoms with Crippen LogP contribution >= 0.6 is 11.3 Å². The fourth-order valence-corrected chi connectivity index (χ4v) is 2.48. The molecule has 0 saturated heterocycles. The number of rotatable bonds is 5. The van der Waals surface area contributed by atoms with E-state index in [1.165, 1.54) is 18.3 Å². The Balaban J connectivity index is 1.85. The first kappa shape index (κ1) is 13.5. The maximum Gasteiger partial charge on any atom is 0.224 e. The highest BCUT2D eigenvalue weighted by Crippen LogP contribution is 2.15. The van der Waals surface area contributed by atoms with Gasteiger partial charge in [-0.1, -0.05) is 0 Å². The zero-order valence-electron chi connectivity index (χ0n) is 10.9. The summed E-state index contributed by atoms with van der Waals surface area (Å²) in [6.45, 7) is 3.77. The van der Waals surface area contributed by atoms with Crippen LogP contribution in [0.2, 0.25) is 0 Å². The van der Waals surface area contributed by atoms with Gasteiger partial charge in [-0.05, 0) is 43.0 Å². The van der Waals surface area contributed by atoms with Crippen LogP contribution in [0, 0.1) is 6.92 Å². The molecule has 5 heteroatoms. The van der Waals surface area contributed by atoms with Crippen molar-refractivity contribution in [2.45, 2.75) is 26.8 Å². The smallest absolute Gasteiger partial charge is 0.224 e. The minimum Gasteiger partial charge on any atom is -0.465 e. The monoisotopic (exact) mass is 277 g/mol. The number of hydrogen-bond donors (Lipinski definition) is 1. The molecular weight excluding hydrogens is 262 g/mol. The second-order valence-corrected chi connectivity index (χ2v) is 5.25. The van der Waals surface area contributed by atoms with Gasteiger partial charge < -0.3 is 9.73 Å². The fraction of sp³-hybridized carbons (Fsp3) is 0.286. The molecule has 2 heterocycles. The Kier molecular flexibility index (Phi) is 4.16. The van der Waals surface area contributed by atoms with Gasteiger partial charge in [0.15, 0.2) is 5.78 Å². The predicted molar refractivity (Wildman–Crippen MR) is 73.3 cm³/mol. The number of Topliss-reactive ketones (excluding diaryl/α,β-unsaturated/α-hetero) is 1. The van der Waals surface area contributed by atoms with E-state index in [0.717, 1.165) is 17.1 Å². The van der Waals surface area contributed by atoms with E-state index in [9.17, 15) is 9.59 Å². The van der Waals surface area contributed by atoms with Gasteiger partial charge in [0.05, 0.1) is 17.8 Å². The summed E-state index contributed by atoms with van der Waals surface area (Å²) in [7, 11) is 0. The lowest BCUT2D eigenvalue weighted by atomic mass is 10.2. The number of carbonyl (C=O) groups excluding carboxylic acids is 2. The highest BCUT2D eigenvalue weighted by atomic mass is 32.1. The van der Waals surface area contributed by atoms with E-state index in [1.807, 2.05) is 24.4 Å². The predicted octanol–water partition coefficient (Wildman–Crippen LogP) is 2.71. The second kappa shape index (κ2) is 5.84. The summed E-state index contributed by atoms with van der Waals surface area (Å²) in [5, 5.41) is 4.63. The van der Waals surface area contributed by atoms with Crippen LogP contribution in [0.1, 0.15) is 33.7 Å². The van der Waals surface area contributed by atoms with Gasteiger partial charge in [-0.2, -0.15) is 0 Å². The van der Waals surface area contributed by atoms with Crippen molar-refractivity contribution in [3.63, 3.8) is 0 Å². The van der Waals surface area contributed by atoms with Crippen molar-refractivity contribution in [3.05, 3.63) is 45.5 Å². The van der Waals surface area contributed by atoms with Gasteiger partial charge in [-0.15, -0.1) is 11.3 Å². The van der Waals surface area contributed by atoms with Gasteiger partial charge in [0.1, 0.15) is 11.5 Å². The van der Waals surface area contributed by atoms with Crippen LogP contribution in [-0.4, -0.2) is 11.7 Å². The molecule has 2 aromatic rings. The van der Waals surface area contributed by atoms with Crippen LogP contribution in [0.3, 0.4) is 0 Å². The summed E-state index contributed by atoms with van der Waals surface area (Å²) in [6.07, 6.45) is 0.281. The van der Waals surface area contributed by atoms with E-state index in [-0.39, 0.29) is 18.1 Å². The Hall–Kier alpha value is -1.88. The van der Waals surface area contributed by atoms with Crippen LogP contribution in [0.15, 0.2) is 28.0 Å². The third kappa shape index (κ3) is 3.79. The summed E-state index contributed by atoms with van der Waals surface area (Å²) >= 11 is 1.37. The molecule has 0 fully saturated rings. The van der Waals surface area contributed by atoms with Crippen molar-refractivity contribution in [1.29, 1.82) is 0 Å². The maximum atomic E-state index is 11.7. The normalized spacial score (nSPS) is 10.4. The topological polar surface area (TPSA) is 59.3 Å². The van der Waals surface area contributed by atoms with Crippen molar-refractivity contribution < 1.29 is 14.0 Å². The molecule has 1 N–H and O–H groups in total. The minimum atomic E-state index is -0.0815. The van der Waals surface area contributed by atoms with Gasteiger partial charge in [0.25, 0.3) is 0 Å². The highest BCUT2D eigenvalue weighted by Gasteiger charge is 2.09. The maximum absolute atomic E-state index is 11.7. The van der Waals surface area contributed by atoms with E-state index in [1.54, 1.807) is 6.07 Å². The highest BCUT2D eigenvalue weighted by molar-refractivity contribution is 7.12. The third-order valence-corrected chi connectivity index (χ3v) is 3.70. The standard InChI is InChI=1S/C14H15NO3S/c1-9-3-4-12(18-9)7-15-14(17)6-11-5-13(10(2)16)19-8-11/h3-5,8H,6-7H2,1-2H3,(H,15,17). The Bertz CT molecular complexity index is 597. The van der Waals surface area contributed by atoms with Gasteiger partial charge in [-0.3, -0.25) is 9.59 Å². The minimum absolute atomic E-state index is 0.0303. The lowest BCUT2D eigenvalue weighted by Gasteiger charge is -2.01. The van der Waals surface area contributed by atoms with Crippen molar-refractivity contribution in [3.8, 4) is 0 Å². The Labute approximate surface area is 115 Å². The summed E-state index contributed by atoms with van der Waals surface area (Å²) in [5.74, 6) is 1.51. The lowest BCUT2D eigenvalue weighted by molar-refractivity contribution is -0.120. The molecule has 1 amide bonds. The molecule has 0 aliphatic heterocycles. The molecule has 100 valence electrons. The first-order valence-corrected chi connectivity index (χ1v) is 6.83. The number of furan rings is 1. The first-order chi connectivity index (χ1) is 9.04. The molecule has 4 nitrogen and oxygen atoms in total. The molecule has 0 atom stereocenters. The number of hydrogen-bond acceptors (Lipinski definition) is 4. The van der Waals surface area contributed by atoms with Gasteiger partial charge in [0.2, 0.25) is 5.91 Å². The quantitative estimate of drug-likeness (QED) is 0.855. The molecule has 0 spiro atoms. The number of carbonyl (C=O) groups is 2. The zero-order valence-corrected chi connectivity index (χ0v) is 11.7. The third-order valence-electron chi connectivity index (χ3n) is 2.62. The fourth-order valence-electron chi connectivity index (χ4n) is 1.67. The SMILES string of the molecule is CC(=O)c1cc(CC(=O)NCc2ccc(C)o2)cs1. The molecule has 0 aliphatic carbocycles. The number of thiophene rings is 1. The summed E-state index contributed by atoms with van der Waals surface area (Å²) in [4.78, 5) is 23.6. The molecule has 2 rings (SSSR count). The summed E-state index contributed by atoms with van der Waals surface area (Å²) in [5.41, 5.74) is 0.864. The van der Waals surface area contributed by atoms with E-state index in [4.69, 9.17) is 4.42 Å². The van der Waals surface area contributed by atoms with E-state index >= 15 is 0 Å².